The van der Waals surface area contributed by atoms with E-state index in [4.69, 9.17) is 50.6 Å². The lowest BCUT2D eigenvalue weighted by molar-refractivity contribution is -0.155. The summed E-state index contributed by atoms with van der Waals surface area (Å²) in [5.74, 6) is 2.82. The van der Waals surface area contributed by atoms with Crippen molar-refractivity contribution in [3.8, 4) is 0 Å². The Bertz CT molecular complexity index is 1710. The minimum Gasteiger partial charge on any atom is -0.461 e. The van der Waals surface area contributed by atoms with Crippen molar-refractivity contribution in [3.63, 3.8) is 0 Å². The molecule has 0 spiro atoms. The number of allylic oxidation sites excluding steroid dienone is 1. The van der Waals surface area contributed by atoms with Gasteiger partial charge in [-0.3, -0.25) is 19.9 Å². The summed E-state index contributed by atoms with van der Waals surface area (Å²) in [5.41, 5.74) is 46.8. The van der Waals surface area contributed by atoms with Gasteiger partial charge in [0.1, 0.15) is 30.5 Å². The maximum absolute atomic E-state index is 14.2. The number of fused-ring (bicyclic) bond motifs is 5. The van der Waals surface area contributed by atoms with Gasteiger partial charge in [0.2, 0.25) is 11.8 Å². The Morgan fingerprint density at radius 1 is 0.731 bits per heavy atom. The summed E-state index contributed by atoms with van der Waals surface area (Å²) < 4.78 is 6.34. The monoisotopic (exact) mass is 941 g/mol. The maximum Gasteiger partial charge on any atom is 0.328 e. The highest BCUT2D eigenvalue weighted by atomic mass is 16.5. The molecule has 382 valence electrons. The van der Waals surface area contributed by atoms with Gasteiger partial charge in [0.05, 0.1) is 0 Å². The standard InChI is InChI=1S/C49H92N14O4/c1-30(2)13-12-14-31(3)35-20-21-36-34-19-18-32-29-33(22-24-48(32,4)37(34)23-25-49(35,36)5)67-43(66)40(61-42(65)39(63-47(56)57)16-7-11-28-60-45(52)53)17-8-9-26-58-41(64)38(62-46(54)55)15-6-10-27-59-44(50)51/h18,30-31,33-40,45,60H,6-17,19-29,52-53H2,1-5H3,(H,58,64)(H,61,65)(H4,50,51,59)(H4,54,55,62)(H4,56,57,63). The fourth-order valence-electron chi connectivity index (χ4n) is 12.6. The van der Waals surface area contributed by atoms with Crippen molar-refractivity contribution < 1.29 is 19.1 Å². The first-order chi connectivity index (χ1) is 31.7. The minimum atomic E-state index is -0.950. The first-order valence-corrected chi connectivity index (χ1v) is 25.7. The number of hydrogen-bond acceptors (Lipinski definition) is 10. The normalized spacial score (nSPS) is 27.2. The van der Waals surface area contributed by atoms with E-state index in [2.05, 4.69) is 71.6 Å². The lowest BCUT2D eigenvalue weighted by Gasteiger charge is -2.58. The number of hydrogen-bond donors (Lipinski definition) is 11. The van der Waals surface area contributed by atoms with E-state index >= 15 is 0 Å². The van der Waals surface area contributed by atoms with Crippen LogP contribution in [0.3, 0.4) is 0 Å². The van der Waals surface area contributed by atoms with Crippen LogP contribution >= 0.6 is 0 Å². The lowest BCUT2D eigenvalue weighted by Crippen LogP contribution is -2.51. The van der Waals surface area contributed by atoms with E-state index in [1.807, 2.05) is 0 Å². The van der Waals surface area contributed by atoms with Gasteiger partial charge in [0.15, 0.2) is 17.9 Å². The molecule has 19 N–H and O–H groups in total. The molecule has 11 unspecified atom stereocenters. The Labute approximate surface area is 401 Å². The van der Waals surface area contributed by atoms with Crippen molar-refractivity contribution in [2.45, 2.75) is 194 Å². The van der Waals surface area contributed by atoms with E-state index in [9.17, 15) is 14.4 Å². The summed E-state index contributed by atoms with van der Waals surface area (Å²) in [6.07, 6.45) is 19.1. The molecule has 18 nitrogen and oxygen atoms in total. The van der Waals surface area contributed by atoms with Crippen LogP contribution in [0.1, 0.15) is 163 Å². The molecule has 67 heavy (non-hydrogen) atoms. The van der Waals surface area contributed by atoms with Crippen molar-refractivity contribution in [3.05, 3.63) is 11.6 Å². The molecule has 0 aliphatic heterocycles. The van der Waals surface area contributed by atoms with E-state index < -0.39 is 36.3 Å². The summed E-state index contributed by atoms with van der Waals surface area (Å²) in [5, 5.41) is 8.81. The Balaban J connectivity index is 1.40. The fourth-order valence-corrected chi connectivity index (χ4v) is 12.6. The summed E-state index contributed by atoms with van der Waals surface area (Å²) in [6, 6.07) is -2.63. The number of nitrogens with one attached hydrogen (secondary N) is 3. The number of carbonyl (C=O) groups excluding carboxylic acids is 3. The van der Waals surface area contributed by atoms with Gasteiger partial charge in [-0.1, -0.05) is 65.5 Å². The number of carbonyl (C=O) groups is 3. The molecule has 3 fully saturated rings. The molecule has 3 saturated carbocycles. The molecule has 2 amide bonds. The van der Waals surface area contributed by atoms with Crippen LogP contribution in [0.25, 0.3) is 0 Å². The zero-order chi connectivity index (χ0) is 49.3. The Kier molecular flexibility index (Phi) is 22.0. The van der Waals surface area contributed by atoms with Crippen molar-refractivity contribution in [1.29, 1.82) is 0 Å². The number of guanidine groups is 3. The zero-order valence-electron chi connectivity index (χ0n) is 41.8. The van der Waals surface area contributed by atoms with Crippen LogP contribution in [0, 0.1) is 46.3 Å². The van der Waals surface area contributed by atoms with E-state index in [1.165, 1.54) is 50.5 Å². The Morgan fingerprint density at radius 2 is 1.39 bits per heavy atom. The second kappa shape index (κ2) is 26.6. The average Bonchev–Trinajstić information content (AvgIpc) is 3.61. The second-order valence-electron chi connectivity index (χ2n) is 21.4. The molecule has 0 saturated heterocycles. The molecule has 0 aromatic heterocycles. The number of ether oxygens (including phenoxy) is 1. The molecule has 0 bridgehead atoms. The van der Waals surface area contributed by atoms with Crippen molar-refractivity contribution >= 4 is 35.7 Å². The van der Waals surface area contributed by atoms with Crippen LogP contribution in [0.15, 0.2) is 26.6 Å². The second-order valence-corrected chi connectivity index (χ2v) is 21.4. The van der Waals surface area contributed by atoms with Gasteiger partial charge in [-0.15, -0.1) is 0 Å². The van der Waals surface area contributed by atoms with Crippen LogP contribution in [0.5, 0.6) is 0 Å². The SMILES string of the molecule is CC(C)CCCC(C)C1CCC2C3CC=C4CC(OC(=O)C(CCCCNC(=O)C(CCCCN=C(N)N)N=C(N)N)NC(=O)C(CCCCNC(N)N)N=C(N)N)CCC4(C)C3CCC12C. The third-order valence-corrected chi connectivity index (χ3v) is 16.0. The first kappa shape index (κ1) is 55.4. The minimum absolute atomic E-state index is 0.0116. The highest BCUT2D eigenvalue weighted by molar-refractivity contribution is 5.90. The number of amides is 2. The highest BCUT2D eigenvalue weighted by Gasteiger charge is 2.59. The molecule has 0 radical (unpaired) electrons. The van der Waals surface area contributed by atoms with Gasteiger partial charge in [-0.2, -0.15) is 0 Å². The molecule has 4 aliphatic carbocycles. The molecule has 0 aromatic rings. The van der Waals surface area contributed by atoms with Crippen molar-refractivity contribution in [2.75, 3.05) is 19.6 Å². The van der Waals surface area contributed by atoms with Crippen LogP contribution in [0.4, 0.5) is 0 Å². The smallest absolute Gasteiger partial charge is 0.328 e. The maximum atomic E-state index is 14.2. The first-order valence-electron chi connectivity index (χ1n) is 25.7. The van der Waals surface area contributed by atoms with Gasteiger partial charge in [0, 0.05) is 19.5 Å². The predicted octanol–water partition coefficient (Wildman–Crippen LogP) is 3.40. The Hall–Kier alpha value is -4.16. The predicted molar refractivity (Wildman–Crippen MR) is 269 cm³/mol. The zero-order valence-corrected chi connectivity index (χ0v) is 41.8. The summed E-state index contributed by atoms with van der Waals surface area (Å²) >= 11 is 0. The molecular formula is C49H92N14O4. The molecule has 4 aliphatic rings. The molecule has 0 heterocycles. The number of nitrogens with two attached hydrogens (primary N) is 8. The molecule has 0 aromatic carbocycles. The largest absolute Gasteiger partial charge is 0.461 e. The highest BCUT2D eigenvalue weighted by Crippen LogP contribution is 2.67. The van der Waals surface area contributed by atoms with Crippen LogP contribution in [-0.2, 0) is 19.1 Å². The van der Waals surface area contributed by atoms with Crippen molar-refractivity contribution in [2.24, 2.45) is 107 Å². The average molecular weight is 941 g/mol. The number of esters is 1. The number of nitrogens with zero attached hydrogens (tertiary/aromatic N) is 3. The molecule has 4 rings (SSSR count). The number of rotatable bonds is 28. The molecule has 18 heteroatoms. The van der Waals surface area contributed by atoms with E-state index in [0.29, 0.717) is 94.7 Å². The van der Waals surface area contributed by atoms with Crippen LogP contribution in [0.2, 0.25) is 0 Å². The third-order valence-electron chi connectivity index (χ3n) is 16.0. The topological polar surface area (TPSA) is 342 Å². The van der Waals surface area contributed by atoms with E-state index in [0.717, 1.165) is 42.9 Å². The van der Waals surface area contributed by atoms with Crippen molar-refractivity contribution in [1.82, 2.24) is 16.0 Å². The Morgan fingerprint density at radius 3 is 2.04 bits per heavy atom. The number of aliphatic imine (C=N–C) groups is 3. The van der Waals surface area contributed by atoms with Gasteiger partial charge in [-0.05, 0) is 156 Å². The summed E-state index contributed by atoms with van der Waals surface area (Å²) in [6.45, 7) is 13.6. The quantitative estimate of drug-likeness (QED) is 0.0134. The number of unbranched alkanes of at least 4 members (excludes halogenated alkanes) is 3. The lowest BCUT2D eigenvalue weighted by atomic mass is 9.47. The van der Waals surface area contributed by atoms with E-state index in [-0.39, 0.29) is 41.7 Å². The van der Waals surface area contributed by atoms with Crippen LogP contribution < -0.4 is 61.8 Å². The third kappa shape index (κ3) is 16.5. The van der Waals surface area contributed by atoms with Gasteiger partial charge < -0.3 is 61.2 Å². The molecule has 11 atom stereocenters. The molecular weight excluding hydrogens is 849 g/mol. The van der Waals surface area contributed by atoms with Gasteiger partial charge in [0.25, 0.3) is 0 Å². The van der Waals surface area contributed by atoms with Gasteiger partial charge in [-0.25, -0.2) is 14.8 Å². The summed E-state index contributed by atoms with van der Waals surface area (Å²) in [4.78, 5) is 53.5. The van der Waals surface area contributed by atoms with Gasteiger partial charge >= 0.3 is 5.97 Å². The van der Waals surface area contributed by atoms with Crippen LogP contribution in [-0.4, -0.2) is 85.8 Å². The summed E-state index contributed by atoms with van der Waals surface area (Å²) in [7, 11) is 0. The van der Waals surface area contributed by atoms with E-state index in [1.54, 1.807) is 0 Å². The fraction of sp³-hybridized carbons (Fsp3) is 0.837.